The zero-order valence-corrected chi connectivity index (χ0v) is 13.7. The van der Waals surface area contributed by atoms with Gasteiger partial charge in [0.1, 0.15) is 0 Å². The van der Waals surface area contributed by atoms with Gasteiger partial charge < -0.3 is 15.6 Å². The molecule has 0 amide bonds. The van der Waals surface area contributed by atoms with Crippen LogP contribution in [0, 0.1) is 0 Å². The van der Waals surface area contributed by atoms with Gasteiger partial charge in [0.05, 0.1) is 6.54 Å². The third-order valence-corrected chi connectivity index (χ3v) is 2.68. The number of guanidine groups is 1. The van der Waals surface area contributed by atoms with Crippen LogP contribution in [0.4, 0.5) is 0 Å². The molecule has 19 heavy (non-hydrogen) atoms. The Kier molecular flexibility index (Phi) is 6.69. The van der Waals surface area contributed by atoms with E-state index in [9.17, 15) is 0 Å². The summed E-state index contributed by atoms with van der Waals surface area (Å²) >= 11 is 0. The Hall–Kier alpha value is -1.24. The molecule has 0 bridgehead atoms. The second-order valence-corrected chi connectivity index (χ2v) is 4.11. The van der Waals surface area contributed by atoms with Crippen LogP contribution in [-0.2, 0) is 6.54 Å². The molecule has 0 atom stereocenters. The molecule has 0 spiro atoms. The lowest BCUT2D eigenvalue weighted by atomic mass is 10.2. The number of fused-ring (bicyclic) bond motifs is 1. The summed E-state index contributed by atoms with van der Waals surface area (Å²) in [5.41, 5.74) is 2.29. The molecule has 1 aromatic carbocycles. The molecular weight excluding hydrogens is 351 g/mol. The van der Waals surface area contributed by atoms with E-state index < -0.39 is 0 Å². The van der Waals surface area contributed by atoms with E-state index in [1.165, 1.54) is 5.39 Å². The highest BCUT2D eigenvalue weighted by molar-refractivity contribution is 14.0. The van der Waals surface area contributed by atoms with Gasteiger partial charge in [0.2, 0.25) is 0 Å². The second-order valence-electron chi connectivity index (χ2n) is 4.11. The van der Waals surface area contributed by atoms with Crippen molar-refractivity contribution in [3.8, 4) is 0 Å². The first-order valence-electron chi connectivity index (χ1n) is 6.42. The second kappa shape index (κ2) is 8.04. The maximum atomic E-state index is 4.53. The van der Waals surface area contributed by atoms with Gasteiger partial charge in [0.25, 0.3) is 0 Å². The van der Waals surface area contributed by atoms with Crippen molar-refractivity contribution in [1.82, 2.24) is 15.6 Å². The number of aliphatic imine (C=N–C) groups is 1. The number of nitrogens with zero attached hydrogens (tertiary/aromatic N) is 1. The normalized spacial score (nSPS) is 9.79. The summed E-state index contributed by atoms with van der Waals surface area (Å²) in [5.74, 6) is 0.860. The molecule has 0 aliphatic carbocycles. The Morgan fingerprint density at radius 2 is 1.84 bits per heavy atom. The van der Waals surface area contributed by atoms with E-state index >= 15 is 0 Å². The molecule has 2 aromatic rings. The molecule has 0 aliphatic rings. The zero-order chi connectivity index (χ0) is 12.8. The fourth-order valence-electron chi connectivity index (χ4n) is 1.89. The first-order valence-corrected chi connectivity index (χ1v) is 6.42. The van der Waals surface area contributed by atoms with Crippen LogP contribution in [0.3, 0.4) is 0 Å². The molecule has 104 valence electrons. The summed E-state index contributed by atoms with van der Waals surface area (Å²) < 4.78 is 0. The predicted octanol–water partition coefficient (Wildman–Crippen LogP) is 2.86. The summed E-state index contributed by atoms with van der Waals surface area (Å²) in [6.45, 7) is 6.53. The molecule has 0 saturated heterocycles. The van der Waals surface area contributed by atoms with Crippen LogP contribution in [0.1, 0.15) is 19.5 Å². The molecule has 1 aromatic heterocycles. The van der Waals surface area contributed by atoms with Gasteiger partial charge in [-0.3, -0.25) is 0 Å². The van der Waals surface area contributed by atoms with Crippen molar-refractivity contribution in [3.63, 3.8) is 0 Å². The third kappa shape index (κ3) is 4.41. The highest BCUT2D eigenvalue weighted by Gasteiger charge is 2.00. The van der Waals surface area contributed by atoms with Crippen LogP contribution >= 0.6 is 24.0 Å². The molecule has 0 saturated carbocycles. The van der Waals surface area contributed by atoms with Gasteiger partial charge in [-0.05, 0) is 31.4 Å². The van der Waals surface area contributed by atoms with Gasteiger partial charge in [-0.2, -0.15) is 0 Å². The fraction of sp³-hybridized carbons (Fsp3) is 0.357. The maximum absolute atomic E-state index is 4.53. The summed E-state index contributed by atoms with van der Waals surface area (Å²) in [4.78, 5) is 7.90. The van der Waals surface area contributed by atoms with Crippen LogP contribution in [-0.4, -0.2) is 24.0 Å². The molecule has 0 radical (unpaired) electrons. The van der Waals surface area contributed by atoms with Gasteiger partial charge >= 0.3 is 0 Å². The molecule has 3 N–H and O–H groups in total. The highest BCUT2D eigenvalue weighted by atomic mass is 127. The number of aromatic nitrogens is 1. The first-order chi connectivity index (χ1) is 8.83. The van der Waals surface area contributed by atoms with Crippen LogP contribution in [0.5, 0.6) is 0 Å². The molecule has 0 fully saturated rings. The molecule has 2 rings (SSSR count). The summed E-state index contributed by atoms with van der Waals surface area (Å²) in [6.07, 6.45) is 0. The van der Waals surface area contributed by atoms with E-state index in [-0.39, 0.29) is 24.0 Å². The molecule has 4 nitrogen and oxygen atoms in total. The fourth-order valence-corrected chi connectivity index (χ4v) is 1.89. The predicted molar refractivity (Wildman–Crippen MR) is 92.2 cm³/mol. The zero-order valence-electron chi connectivity index (χ0n) is 11.4. The lowest BCUT2D eigenvalue weighted by Gasteiger charge is -2.08. The SMILES string of the molecule is CCNC(=NCc1cc2ccccc2[nH]1)NCC.I. The average molecular weight is 372 g/mol. The molecule has 0 aliphatic heterocycles. The van der Waals surface area contributed by atoms with Gasteiger partial charge in [-0.15, -0.1) is 24.0 Å². The molecule has 1 heterocycles. The number of hydrogen-bond acceptors (Lipinski definition) is 1. The van der Waals surface area contributed by atoms with Gasteiger partial charge in [-0.25, -0.2) is 4.99 Å². The standard InChI is InChI=1S/C14H20N4.HI/c1-3-15-14(16-4-2)17-10-12-9-11-7-5-6-8-13(11)18-12;/h5-9,18H,3-4,10H2,1-2H3,(H2,15,16,17);1H. The Labute approximate surface area is 131 Å². The minimum Gasteiger partial charge on any atom is -0.357 e. The first kappa shape index (κ1) is 15.8. The molecule has 5 heteroatoms. The topological polar surface area (TPSA) is 52.2 Å². The Balaban J connectivity index is 0.00000180. The number of H-pyrrole nitrogens is 1. The number of halogens is 1. The van der Waals surface area contributed by atoms with Crippen LogP contribution < -0.4 is 10.6 Å². The molecule has 0 unspecified atom stereocenters. The maximum Gasteiger partial charge on any atom is 0.191 e. The van der Waals surface area contributed by atoms with Crippen molar-refractivity contribution in [1.29, 1.82) is 0 Å². The van der Waals surface area contributed by atoms with Crippen molar-refractivity contribution in [2.45, 2.75) is 20.4 Å². The third-order valence-electron chi connectivity index (χ3n) is 2.68. The average Bonchev–Trinajstić information content (AvgIpc) is 2.79. The van der Waals surface area contributed by atoms with Crippen LogP contribution in [0.2, 0.25) is 0 Å². The highest BCUT2D eigenvalue weighted by Crippen LogP contribution is 2.14. The van der Waals surface area contributed by atoms with Crippen LogP contribution in [0.15, 0.2) is 35.3 Å². The van der Waals surface area contributed by atoms with Crippen molar-refractivity contribution in [3.05, 3.63) is 36.0 Å². The lowest BCUT2D eigenvalue weighted by Crippen LogP contribution is -2.36. The van der Waals surface area contributed by atoms with Crippen molar-refractivity contribution < 1.29 is 0 Å². The number of para-hydroxylation sites is 1. The number of rotatable bonds is 4. The van der Waals surface area contributed by atoms with E-state index in [4.69, 9.17) is 0 Å². The molecular formula is C14H21IN4. The lowest BCUT2D eigenvalue weighted by molar-refractivity contribution is 0.836. The minimum absolute atomic E-state index is 0. The smallest absolute Gasteiger partial charge is 0.191 e. The van der Waals surface area contributed by atoms with Gasteiger partial charge in [0, 0.05) is 24.3 Å². The largest absolute Gasteiger partial charge is 0.357 e. The summed E-state index contributed by atoms with van der Waals surface area (Å²) in [6, 6.07) is 10.4. The van der Waals surface area contributed by atoms with Crippen molar-refractivity contribution >= 4 is 40.8 Å². The van der Waals surface area contributed by atoms with Gasteiger partial charge in [0.15, 0.2) is 5.96 Å². The number of hydrogen-bond donors (Lipinski definition) is 3. The van der Waals surface area contributed by atoms with E-state index in [1.807, 2.05) is 12.1 Å². The quantitative estimate of drug-likeness (QED) is 0.439. The number of nitrogens with one attached hydrogen (secondary N) is 3. The van der Waals surface area contributed by atoms with Gasteiger partial charge in [-0.1, -0.05) is 18.2 Å². The van der Waals surface area contributed by atoms with Crippen molar-refractivity contribution in [2.75, 3.05) is 13.1 Å². The number of benzene rings is 1. The summed E-state index contributed by atoms with van der Waals surface area (Å²) in [5, 5.41) is 7.66. The Bertz CT molecular complexity index is 492. The summed E-state index contributed by atoms with van der Waals surface area (Å²) in [7, 11) is 0. The Morgan fingerprint density at radius 3 is 2.47 bits per heavy atom. The van der Waals surface area contributed by atoms with E-state index in [2.05, 4.69) is 52.7 Å². The van der Waals surface area contributed by atoms with E-state index in [0.717, 1.165) is 30.3 Å². The van der Waals surface area contributed by atoms with Crippen LogP contribution in [0.25, 0.3) is 10.9 Å². The minimum atomic E-state index is 0. The monoisotopic (exact) mass is 372 g/mol. The Morgan fingerprint density at radius 1 is 1.16 bits per heavy atom. The number of aromatic amines is 1. The van der Waals surface area contributed by atoms with E-state index in [0.29, 0.717) is 6.54 Å². The van der Waals surface area contributed by atoms with E-state index in [1.54, 1.807) is 0 Å². The van der Waals surface area contributed by atoms with Crippen molar-refractivity contribution in [2.24, 2.45) is 4.99 Å².